The molecule has 15 rings (SSSR count). The number of benzene rings is 4. The molecule has 4 aromatic rings. The SMILES string of the molecule is COC[C@@H]1[C@H](CO)CNCc2c(O)c3c(c4c2[C@@H]2C#CC5=C(C=CC(N)N5)[C@@H]([C@H]5CC[C@]6(Cc7cc(O)cc(OCO)c7-c7ccc8c(c76)O[C@H]4[C@H]8COC(C)=O)C5)C4(CCCCC4)c4cccc(c4)C[C@H]1C#C2)C=C[C@@H]1N[C@H]2CCC[C@@H](CSSC[C@@H]1O3)C2. The molecule has 4 aromatic carbocycles. The van der Waals surface area contributed by atoms with E-state index in [-0.39, 0.29) is 78.4 Å². The Kier molecular flexibility index (Phi) is 16.6. The average Bonchev–Trinajstić information content (AvgIpc) is 1.50. The number of carbonyl (C=O) groups excluding carboxylic acids is 1. The Labute approximate surface area is 536 Å². The summed E-state index contributed by atoms with van der Waals surface area (Å²) in [5, 5.41) is 59.1. The first kappa shape index (κ1) is 60.2. The number of hydrogen-bond acceptors (Lipinski definition) is 16. The van der Waals surface area contributed by atoms with Crippen LogP contribution in [-0.4, -0.2) is 103 Å². The number of allylic oxidation sites excluding steroid dienone is 3. The maximum absolute atomic E-state index is 13.7. The van der Waals surface area contributed by atoms with Gasteiger partial charge >= 0.3 is 5.97 Å². The van der Waals surface area contributed by atoms with Gasteiger partial charge in [-0.2, -0.15) is 0 Å². The van der Waals surface area contributed by atoms with E-state index in [1.54, 1.807) is 13.2 Å². The van der Waals surface area contributed by atoms with Crippen molar-refractivity contribution in [2.75, 3.05) is 51.8 Å². The molecule has 0 radical (unpaired) electrons. The largest absolute Gasteiger partial charge is 0.508 e. The number of nitrogens with two attached hydrogens (primary N) is 1. The van der Waals surface area contributed by atoms with Crippen LogP contribution >= 0.6 is 21.6 Å². The summed E-state index contributed by atoms with van der Waals surface area (Å²) in [6.07, 6.45) is 20.5. The van der Waals surface area contributed by atoms with Crippen LogP contribution in [0.25, 0.3) is 17.2 Å². The summed E-state index contributed by atoms with van der Waals surface area (Å²) in [5.41, 5.74) is 17.8. The standard InChI is InChI=1S/C74H84N4O10S2/c1-41(81)85-37-58-52-15-16-54-64-47(29-51(82)30-61(64)86-40-80)32-73-25-22-46(31-73)67-53-18-21-63(75)78-59(53)19-14-44-12-13-45(26-42-8-6-10-49(27-42)74(67)23-4-3-5-24-74)57(36-84-2)48(35-79)33-76-34-56-65(44)66(70(58)88-71(52)68(54)73)55-17-20-60-62(87-72(55)69(56)83)39-90-89-38-43-9-7-11-50(28-43)77-60/h6,8,10,15-18,20-21,27,29-30,43-46,48,50,57-58,60,62-63,67,70,76-80,82-83H,3-5,7,9,11,22-26,28,31-40,75H2,1-2H3/t43-,44+,45-,46+,48+,50+,57+,58+,60+,62+,63?,67-,70+,73-/m1/s1. The summed E-state index contributed by atoms with van der Waals surface area (Å²) in [6, 6.07) is 17.2. The van der Waals surface area contributed by atoms with Gasteiger partial charge < -0.3 is 65.8 Å². The third-order valence-electron chi connectivity index (χ3n) is 22.6. The van der Waals surface area contributed by atoms with Gasteiger partial charge in [-0.3, -0.25) is 4.79 Å². The van der Waals surface area contributed by atoms with Gasteiger partial charge in [-0.1, -0.05) is 120 Å². The van der Waals surface area contributed by atoms with Crippen LogP contribution in [0.3, 0.4) is 0 Å². The highest BCUT2D eigenvalue weighted by molar-refractivity contribution is 8.76. The molecule has 0 aromatic heterocycles. The second kappa shape index (κ2) is 24.8. The Morgan fingerprint density at radius 2 is 1.79 bits per heavy atom. The summed E-state index contributed by atoms with van der Waals surface area (Å²) >= 11 is 0. The third kappa shape index (κ3) is 10.6. The van der Waals surface area contributed by atoms with Crippen molar-refractivity contribution in [3.8, 4) is 63.6 Å². The number of nitrogens with one attached hydrogen (secondary N) is 3. The van der Waals surface area contributed by atoms with E-state index in [9.17, 15) is 25.2 Å². The molecule has 14 nitrogen and oxygen atoms in total. The second-order valence-electron chi connectivity index (χ2n) is 27.7. The van der Waals surface area contributed by atoms with Crippen molar-refractivity contribution in [3.63, 3.8) is 0 Å². The lowest BCUT2D eigenvalue weighted by atomic mass is 9.55. The van der Waals surface area contributed by atoms with Crippen LogP contribution in [0.1, 0.15) is 152 Å². The molecule has 16 heteroatoms. The van der Waals surface area contributed by atoms with Crippen molar-refractivity contribution in [1.82, 2.24) is 16.0 Å². The Morgan fingerprint density at radius 1 is 0.911 bits per heavy atom. The Hall–Kier alpha value is -6.05. The van der Waals surface area contributed by atoms with Crippen molar-refractivity contribution in [2.24, 2.45) is 41.2 Å². The zero-order chi connectivity index (χ0) is 61.4. The second-order valence-corrected chi connectivity index (χ2v) is 30.3. The minimum Gasteiger partial charge on any atom is -0.508 e. The smallest absolute Gasteiger partial charge is 0.302 e. The molecular weight excluding hydrogens is 1170 g/mol. The van der Waals surface area contributed by atoms with Crippen molar-refractivity contribution in [2.45, 2.75) is 156 Å². The van der Waals surface area contributed by atoms with E-state index in [4.69, 9.17) is 29.4 Å². The molecule has 9 N–H and O–H groups in total. The summed E-state index contributed by atoms with van der Waals surface area (Å²) in [7, 11) is 5.48. The number of aliphatic hydroxyl groups is 2. The van der Waals surface area contributed by atoms with E-state index < -0.39 is 42.3 Å². The molecule has 472 valence electrons. The van der Waals surface area contributed by atoms with E-state index in [2.05, 4.69) is 100 Å². The highest BCUT2D eigenvalue weighted by Gasteiger charge is 2.57. The topological polar surface area (TPSA) is 206 Å². The first-order valence-corrected chi connectivity index (χ1v) is 35.6. The Bertz CT molecular complexity index is 3720. The fourth-order valence-corrected chi connectivity index (χ4v) is 21.4. The lowest BCUT2D eigenvalue weighted by molar-refractivity contribution is -0.141. The Morgan fingerprint density at radius 3 is 2.63 bits per heavy atom. The molecule has 90 heavy (non-hydrogen) atoms. The van der Waals surface area contributed by atoms with Gasteiger partial charge in [0.15, 0.2) is 18.3 Å². The monoisotopic (exact) mass is 1250 g/mol. The first-order valence-electron chi connectivity index (χ1n) is 33.2. The number of hydrogen-bond donors (Lipinski definition) is 8. The lowest BCUT2D eigenvalue weighted by Gasteiger charge is -2.49. The summed E-state index contributed by atoms with van der Waals surface area (Å²) in [6.45, 7) is 1.65. The van der Waals surface area contributed by atoms with Gasteiger partial charge in [-0.25, -0.2) is 0 Å². The number of carbonyl (C=O) groups is 1. The maximum atomic E-state index is 13.7. The van der Waals surface area contributed by atoms with Crippen molar-refractivity contribution < 1.29 is 48.9 Å². The first-order chi connectivity index (χ1) is 43.9. The van der Waals surface area contributed by atoms with E-state index in [0.717, 1.165) is 127 Å². The summed E-state index contributed by atoms with van der Waals surface area (Å²) < 4.78 is 34.1. The molecule has 1 saturated heterocycles. The molecule has 5 aliphatic carbocycles. The van der Waals surface area contributed by atoms with Gasteiger partial charge in [-0.05, 0) is 133 Å². The van der Waals surface area contributed by atoms with E-state index >= 15 is 0 Å². The molecule has 11 aliphatic rings. The molecule has 14 atom stereocenters. The predicted octanol–water partition coefficient (Wildman–Crippen LogP) is 10.6. The van der Waals surface area contributed by atoms with Crippen LogP contribution in [0.15, 0.2) is 78.0 Å². The van der Waals surface area contributed by atoms with Crippen LogP contribution in [0.2, 0.25) is 0 Å². The predicted molar refractivity (Wildman–Crippen MR) is 351 cm³/mol. The molecule has 11 bridgehead atoms. The van der Waals surface area contributed by atoms with Gasteiger partial charge in [0.2, 0.25) is 0 Å². The number of fused-ring (bicyclic) bond motifs is 16. The molecule has 1 unspecified atom stereocenters. The number of methoxy groups -OCH3 is 1. The summed E-state index contributed by atoms with van der Waals surface area (Å²) in [5.74, 6) is 16.9. The molecular formula is C74H84N4O10S2. The zero-order valence-electron chi connectivity index (χ0n) is 51.6. The average molecular weight is 1250 g/mol. The number of esters is 1. The van der Waals surface area contributed by atoms with Crippen molar-refractivity contribution in [1.29, 1.82) is 0 Å². The molecule has 4 fully saturated rings. The zero-order valence-corrected chi connectivity index (χ0v) is 53.3. The highest BCUT2D eigenvalue weighted by Crippen LogP contribution is 2.66. The number of rotatable bonds is 7. The van der Waals surface area contributed by atoms with Crippen LogP contribution < -0.4 is 35.9 Å². The number of phenols is 2. The summed E-state index contributed by atoms with van der Waals surface area (Å²) in [4.78, 5) is 13.4. The van der Waals surface area contributed by atoms with Crippen LogP contribution in [0.5, 0.6) is 28.7 Å². The van der Waals surface area contributed by atoms with E-state index in [1.807, 2.05) is 27.7 Å². The van der Waals surface area contributed by atoms with E-state index in [0.29, 0.717) is 71.9 Å². The molecule has 2 spiro atoms. The third-order valence-corrected chi connectivity index (χ3v) is 25.1. The molecule has 0 amide bonds. The lowest BCUT2D eigenvalue weighted by Crippen LogP contribution is -2.49. The van der Waals surface area contributed by atoms with Crippen LogP contribution in [-0.2, 0) is 44.5 Å². The van der Waals surface area contributed by atoms with Crippen LogP contribution in [0.4, 0.5) is 0 Å². The number of dihydropyridines is 1. The van der Waals surface area contributed by atoms with Crippen molar-refractivity contribution in [3.05, 3.63) is 128 Å². The number of aliphatic hydroxyl groups excluding tert-OH is 2. The number of aromatic hydroxyl groups is 2. The van der Waals surface area contributed by atoms with Crippen molar-refractivity contribution >= 4 is 33.6 Å². The van der Waals surface area contributed by atoms with E-state index in [1.165, 1.54) is 24.5 Å². The van der Waals surface area contributed by atoms with Gasteiger partial charge in [-0.15, -0.1) is 0 Å². The molecule has 3 saturated carbocycles. The fourth-order valence-electron chi connectivity index (χ4n) is 18.8. The number of ether oxygens (including phenoxy) is 5. The Balaban J connectivity index is 1.08. The minimum atomic E-state index is -0.874. The molecule has 6 heterocycles. The maximum Gasteiger partial charge on any atom is 0.302 e. The normalized spacial score (nSPS) is 32.3. The van der Waals surface area contributed by atoms with Gasteiger partial charge in [0, 0.05) is 119 Å². The van der Waals surface area contributed by atoms with Gasteiger partial charge in [0.25, 0.3) is 0 Å². The number of phenolic OH excluding ortho intramolecular Hbond substituents is 2. The quantitative estimate of drug-likeness (QED) is 0.0375. The van der Waals surface area contributed by atoms with Crippen LogP contribution in [0, 0.1) is 59.2 Å². The van der Waals surface area contributed by atoms with Gasteiger partial charge in [0.1, 0.15) is 42.0 Å². The fraction of sp³-hybridized carbons (Fsp3) is 0.527. The highest BCUT2D eigenvalue weighted by atomic mass is 33.1. The minimum absolute atomic E-state index is 0.00605. The molecule has 6 aliphatic heterocycles. The van der Waals surface area contributed by atoms with Gasteiger partial charge in [0.05, 0.1) is 30.4 Å².